The predicted octanol–water partition coefficient (Wildman–Crippen LogP) is 3.57. The molecule has 112 valence electrons. The lowest BCUT2D eigenvalue weighted by atomic mass is 10.2. The number of benzene rings is 1. The third-order valence-electron chi connectivity index (χ3n) is 2.77. The molecule has 1 atom stereocenters. The number of carbonyl (C=O) groups excluding carboxylic acids is 1. The van der Waals surface area contributed by atoms with Gasteiger partial charge in [-0.05, 0) is 43.3 Å². The maximum absolute atomic E-state index is 12.4. The minimum Gasteiger partial charge on any atom is -0.454 e. The number of nitrogens with one attached hydrogen (secondary N) is 1. The van der Waals surface area contributed by atoms with E-state index in [-0.39, 0.29) is 17.5 Å². The molecule has 2 rings (SSSR count). The number of halogens is 3. The lowest BCUT2D eigenvalue weighted by Gasteiger charge is -2.08. The molecule has 0 fully saturated rings. The average molecular weight is 298 g/mol. The summed E-state index contributed by atoms with van der Waals surface area (Å²) in [6, 6.07) is 6.82. The molecular weight excluding hydrogens is 285 g/mol. The average Bonchev–Trinajstić information content (AvgIpc) is 2.88. The van der Waals surface area contributed by atoms with Gasteiger partial charge in [0.05, 0.1) is 11.6 Å². The zero-order valence-electron chi connectivity index (χ0n) is 11.1. The first-order valence-electron chi connectivity index (χ1n) is 6.11. The molecule has 0 aliphatic carbocycles. The second-order valence-electron chi connectivity index (χ2n) is 4.52. The Bertz CT molecular complexity index is 630. The summed E-state index contributed by atoms with van der Waals surface area (Å²) in [4.78, 5) is 11.9. The number of hydrogen-bond donors (Lipinski definition) is 2. The Labute approximate surface area is 118 Å². The van der Waals surface area contributed by atoms with Gasteiger partial charge in [-0.2, -0.15) is 13.2 Å². The van der Waals surface area contributed by atoms with Crippen LogP contribution in [0.2, 0.25) is 0 Å². The first-order chi connectivity index (χ1) is 9.77. The number of nitrogens with two attached hydrogens (primary N) is 1. The molecule has 4 nitrogen and oxygen atoms in total. The molecular formula is C14H13F3N2O2. The van der Waals surface area contributed by atoms with Crippen molar-refractivity contribution in [1.82, 2.24) is 0 Å². The van der Waals surface area contributed by atoms with Crippen molar-refractivity contribution in [2.24, 2.45) is 5.73 Å². The molecule has 1 unspecified atom stereocenters. The molecule has 0 bridgehead atoms. The first kappa shape index (κ1) is 15.1. The number of rotatable bonds is 3. The van der Waals surface area contributed by atoms with Crippen LogP contribution in [0.15, 0.2) is 40.8 Å². The van der Waals surface area contributed by atoms with Crippen LogP contribution in [-0.2, 0) is 6.18 Å². The van der Waals surface area contributed by atoms with Gasteiger partial charge < -0.3 is 15.5 Å². The van der Waals surface area contributed by atoms with Crippen molar-refractivity contribution in [3.63, 3.8) is 0 Å². The lowest BCUT2D eigenvalue weighted by Crippen LogP contribution is -2.12. The van der Waals surface area contributed by atoms with E-state index in [1.54, 1.807) is 13.0 Å². The Morgan fingerprint density at radius 2 is 1.81 bits per heavy atom. The molecule has 0 aliphatic rings. The minimum absolute atomic E-state index is 0.0437. The second kappa shape index (κ2) is 5.61. The van der Waals surface area contributed by atoms with Gasteiger partial charge in [-0.1, -0.05) is 0 Å². The highest BCUT2D eigenvalue weighted by Gasteiger charge is 2.30. The van der Waals surface area contributed by atoms with Gasteiger partial charge in [-0.3, -0.25) is 4.79 Å². The Hall–Kier alpha value is -2.28. The smallest absolute Gasteiger partial charge is 0.416 e. The number of amides is 1. The molecule has 0 spiro atoms. The van der Waals surface area contributed by atoms with E-state index in [0.29, 0.717) is 5.76 Å². The van der Waals surface area contributed by atoms with Crippen molar-refractivity contribution in [2.45, 2.75) is 19.1 Å². The quantitative estimate of drug-likeness (QED) is 0.910. The Balaban J connectivity index is 2.08. The molecule has 0 saturated heterocycles. The maximum atomic E-state index is 12.4. The van der Waals surface area contributed by atoms with Crippen LogP contribution in [-0.4, -0.2) is 5.91 Å². The number of furan rings is 1. The van der Waals surface area contributed by atoms with E-state index < -0.39 is 17.6 Å². The fourth-order valence-corrected chi connectivity index (χ4v) is 1.65. The van der Waals surface area contributed by atoms with Gasteiger partial charge in [-0.15, -0.1) is 0 Å². The van der Waals surface area contributed by atoms with Crippen molar-refractivity contribution in [2.75, 3.05) is 5.32 Å². The molecule has 1 aromatic carbocycles. The molecule has 1 aromatic heterocycles. The molecule has 0 aliphatic heterocycles. The van der Waals surface area contributed by atoms with Crippen LogP contribution in [0.5, 0.6) is 0 Å². The highest BCUT2D eigenvalue weighted by molar-refractivity contribution is 6.02. The summed E-state index contributed by atoms with van der Waals surface area (Å²) in [5.74, 6) is -0.0589. The second-order valence-corrected chi connectivity index (χ2v) is 4.52. The van der Waals surface area contributed by atoms with Crippen LogP contribution in [0.4, 0.5) is 18.9 Å². The summed E-state index contributed by atoms with van der Waals surface area (Å²) < 4.78 is 42.5. The lowest BCUT2D eigenvalue weighted by molar-refractivity contribution is -0.137. The predicted molar refractivity (Wildman–Crippen MR) is 70.7 cm³/mol. The molecule has 21 heavy (non-hydrogen) atoms. The Morgan fingerprint density at radius 3 is 2.29 bits per heavy atom. The number of hydrogen-bond acceptors (Lipinski definition) is 3. The van der Waals surface area contributed by atoms with E-state index >= 15 is 0 Å². The molecule has 0 saturated carbocycles. The van der Waals surface area contributed by atoms with Crippen molar-refractivity contribution < 1.29 is 22.4 Å². The standard InChI is InChI=1S/C14H13F3N2O2/c1-8(18)11-6-7-12(21-11)13(20)19-10-4-2-9(3-5-10)14(15,16)17/h2-8H,18H2,1H3,(H,19,20). The monoisotopic (exact) mass is 298 g/mol. The molecule has 0 radical (unpaired) electrons. The summed E-state index contributed by atoms with van der Waals surface area (Å²) in [7, 11) is 0. The number of alkyl halides is 3. The normalized spacial score (nSPS) is 13.0. The van der Waals surface area contributed by atoms with Crippen LogP contribution in [0.1, 0.15) is 34.8 Å². The Morgan fingerprint density at radius 1 is 1.19 bits per heavy atom. The molecule has 1 amide bonds. The minimum atomic E-state index is -4.41. The highest BCUT2D eigenvalue weighted by atomic mass is 19.4. The largest absolute Gasteiger partial charge is 0.454 e. The molecule has 2 aromatic rings. The maximum Gasteiger partial charge on any atom is 0.416 e. The molecule has 3 N–H and O–H groups in total. The summed E-state index contributed by atoms with van der Waals surface area (Å²) >= 11 is 0. The number of anilines is 1. The van der Waals surface area contributed by atoms with Gasteiger partial charge in [0, 0.05) is 5.69 Å². The molecule has 7 heteroatoms. The fraction of sp³-hybridized carbons (Fsp3) is 0.214. The van der Waals surface area contributed by atoms with Gasteiger partial charge in [0.15, 0.2) is 5.76 Å². The van der Waals surface area contributed by atoms with E-state index in [9.17, 15) is 18.0 Å². The van der Waals surface area contributed by atoms with Gasteiger partial charge >= 0.3 is 6.18 Å². The number of carbonyl (C=O) groups is 1. The van der Waals surface area contributed by atoms with Crippen LogP contribution < -0.4 is 11.1 Å². The third kappa shape index (κ3) is 3.63. The summed E-state index contributed by atoms with van der Waals surface area (Å²) in [6.45, 7) is 1.70. The van der Waals surface area contributed by atoms with Crippen molar-refractivity contribution >= 4 is 11.6 Å². The summed E-state index contributed by atoms with van der Waals surface area (Å²) in [5.41, 5.74) is 5.07. The van der Waals surface area contributed by atoms with Crippen LogP contribution in [0.3, 0.4) is 0 Å². The van der Waals surface area contributed by atoms with Crippen LogP contribution >= 0.6 is 0 Å². The van der Waals surface area contributed by atoms with Crippen LogP contribution in [0.25, 0.3) is 0 Å². The van der Waals surface area contributed by atoms with E-state index in [0.717, 1.165) is 12.1 Å². The van der Waals surface area contributed by atoms with Crippen molar-refractivity contribution in [3.05, 3.63) is 53.5 Å². The first-order valence-corrected chi connectivity index (χ1v) is 6.11. The topological polar surface area (TPSA) is 68.3 Å². The zero-order valence-corrected chi connectivity index (χ0v) is 11.1. The zero-order chi connectivity index (χ0) is 15.6. The third-order valence-corrected chi connectivity index (χ3v) is 2.77. The van der Waals surface area contributed by atoms with Gasteiger partial charge in [0.1, 0.15) is 5.76 Å². The van der Waals surface area contributed by atoms with E-state index in [1.165, 1.54) is 18.2 Å². The molecule has 1 heterocycles. The van der Waals surface area contributed by atoms with Gasteiger partial charge in [0.25, 0.3) is 5.91 Å². The fourth-order valence-electron chi connectivity index (χ4n) is 1.65. The van der Waals surface area contributed by atoms with Crippen molar-refractivity contribution in [3.8, 4) is 0 Å². The van der Waals surface area contributed by atoms with Crippen molar-refractivity contribution in [1.29, 1.82) is 0 Å². The van der Waals surface area contributed by atoms with Gasteiger partial charge in [0.2, 0.25) is 0 Å². The Kier molecular flexibility index (Phi) is 4.04. The van der Waals surface area contributed by atoms with Crippen LogP contribution in [0, 0.1) is 0 Å². The summed E-state index contributed by atoms with van der Waals surface area (Å²) in [5, 5.41) is 2.45. The SMILES string of the molecule is CC(N)c1ccc(C(=O)Nc2ccc(C(F)(F)F)cc2)o1. The highest BCUT2D eigenvalue weighted by Crippen LogP contribution is 2.29. The summed E-state index contributed by atoms with van der Waals surface area (Å²) in [6.07, 6.45) is -4.41. The van der Waals surface area contributed by atoms with E-state index in [1.807, 2.05) is 0 Å². The van der Waals surface area contributed by atoms with E-state index in [4.69, 9.17) is 10.2 Å². The van der Waals surface area contributed by atoms with Gasteiger partial charge in [-0.25, -0.2) is 0 Å². The van der Waals surface area contributed by atoms with E-state index in [2.05, 4.69) is 5.32 Å².